The number of piperidine rings is 1. The van der Waals surface area contributed by atoms with Crippen molar-refractivity contribution >= 4 is 5.91 Å². The number of rotatable bonds is 4. The minimum atomic E-state index is 0.128. The van der Waals surface area contributed by atoms with E-state index in [4.69, 9.17) is 4.74 Å². The topological polar surface area (TPSA) is 50.4 Å². The Labute approximate surface area is 90.8 Å². The SMILES string of the molecule is COCCC(=O)NC1CC2CCC(C1)N2. The van der Waals surface area contributed by atoms with Crippen LogP contribution in [0.25, 0.3) is 0 Å². The highest BCUT2D eigenvalue weighted by Gasteiger charge is 2.33. The molecule has 86 valence electrons. The molecule has 2 aliphatic rings. The van der Waals surface area contributed by atoms with Gasteiger partial charge in [-0.3, -0.25) is 4.79 Å². The van der Waals surface area contributed by atoms with Gasteiger partial charge in [-0.25, -0.2) is 0 Å². The standard InChI is InChI=1S/C11H20N2O2/c1-15-5-4-11(14)13-10-6-8-2-3-9(7-10)12-8/h8-10,12H,2-7H2,1H3,(H,13,14). The zero-order chi connectivity index (χ0) is 10.7. The summed E-state index contributed by atoms with van der Waals surface area (Å²) in [5, 5.41) is 6.66. The molecule has 0 aromatic rings. The average Bonchev–Trinajstić information content (AvgIpc) is 2.55. The molecular formula is C11H20N2O2. The van der Waals surface area contributed by atoms with Gasteiger partial charge in [-0.05, 0) is 25.7 Å². The molecule has 4 nitrogen and oxygen atoms in total. The van der Waals surface area contributed by atoms with Gasteiger partial charge in [0.05, 0.1) is 6.61 Å². The monoisotopic (exact) mass is 212 g/mol. The van der Waals surface area contributed by atoms with Crippen LogP contribution in [-0.4, -0.2) is 37.7 Å². The van der Waals surface area contributed by atoms with Crippen molar-refractivity contribution in [2.45, 2.75) is 50.2 Å². The van der Waals surface area contributed by atoms with Gasteiger partial charge in [-0.1, -0.05) is 0 Å². The maximum Gasteiger partial charge on any atom is 0.222 e. The summed E-state index contributed by atoms with van der Waals surface area (Å²) in [5.74, 6) is 0.128. The van der Waals surface area contributed by atoms with Crippen LogP contribution in [0.15, 0.2) is 0 Å². The molecule has 2 N–H and O–H groups in total. The minimum Gasteiger partial charge on any atom is -0.384 e. The van der Waals surface area contributed by atoms with E-state index in [1.807, 2.05) is 0 Å². The van der Waals surface area contributed by atoms with Gasteiger partial charge in [0.2, 0.25) is 5.91 Å². The van der Waals surface area contributed by atoms with Crippen LogP contribution in [0.2, 0.25) is 0 Å². The normalized spacial score (nSPS) is 34.1. The number of carbonyl (C=O) groups is 1. The summed E-state index contributed by atoms with van der Waals surface area (Å²) in [6, 6.07) is 1.65. The quantitative estimate of drug-likeness (QED) is 0.710. The van der Waals surface area contributed by atoms with E-state index in [2.05, 4.69) is 10.6 Å². The first kappa shape index (κ1) is 10.9. The van der Waals surface area contributed by atoms with Crippen molar-refractivity contribution in [1.29, 1.82) is 0 Å². The molecule has 4 heteroatoms. The molecule has 0 spiro atoms. The van der Waals surface area contributed by atoms with E-state index in [0.29, 0.717) is 31.2 Å². The fourth-order valence-electron chi connectivity index (χ4n) is 2.67. The Bertz CT molecular complexity index is 221. The number of hydrogen-bond donors (Lipinski definition) is 2. The van der Waals surface area contributed by atoms with E-state index < -0.39 is 0 Å². The number of nitrogens with one attached hydrogen (secondary N) is 2. The summed E-state index contributed by atoms with van der Waals surface area (Å²) in [7, 11) is 1.62. The van der Waals surface area contributed by atoms with Gasteiger partial charge < -0.3 is 15.4 Å². The van der Waals surface area contributed by atoms with Crippen LogP contribution in [0.1, 0.15) is 32.1 Å². The van der Waals surface area contributed by atoms with Crippen molar-refractivity contribution in [2.24, 2.45) is 0 Å². The van der Waals surface area contributed by atoms with Crippen LogP contribution in [0, 0.1) is 0 Å². The summed E-state index contributed by atoms with van der Waals surface area (Å²) in [4.78, 5) is 11.5. The largest absolute Gasteiger partial charge is 0.384 e. The zero-order valence-corrected chi connectivity index (χ0v) is 9.29. The third-order valence-corrected chi connectivity index (χ3v) is 3.37. The van der Waals surface area contributed by atoms with E-state index >= 15 is 0 Å². The summed E-state index contributed by atoms with van der Waals surface area (Å²) < 4.78 is 4.88. The van der Waals surface area contributed by atoms with Crippen molar-refractivity contribution < 1.29 is 9.53 Å². The maximum atomic E-state index is 11.5. The lowest BCUT2D eigenvalue weighted by Gasteiger charge is -2.29. The van der Waals surface area contributed by atoms with Gasteiger partial charge >= 0.3 is 0 Å². The molecule has 1 amide bonds. The molecule has 15 heavy (non-hydrogen) atoms. The molecule has 2 heterocycles. The van der Waals surface area contributed by atoms with Crippen molar-refractivity contribution in [3.05, 3.63) is 0 Å². The van der Waals surface area contributed by atoms with E-state index in [1.54, 1.807) is 7.11 Å². The Morgan fingerprint density at radius 1 is 1.40 bits per heavy atom. The van der Waals surface area contributed by atoms with Gasteiger partial charge in [0, 0.05) is 31.7 Å². The van der Waals surface area contributed by atoms with Crippen molar-refractivity contribution in [3.63, 3.8) is 0 Å². The number of amides is 1. The lowest BCUT2D eigenvalue weighted by atomic mass is 10.00. The summed E-state index contributed by atoms with van der Waals surface area (Å²) in [5.41, 5.74) is 0. The predicted octanol–water partition coefficient (Wildman–Crippen LogP) is 0.422. The molecule has 0 saturated carbocycles. The summed E-state index contributed by atoms with van der Waals surface area (Å²) >= 11 is 0. The molecule has 2 rings (SSSR count). The Balaban J connectivity index is 1.73. The minimum absolute atomic E-state index is 0.128. The van der Waals surface area contributed by atoms with E-state index in [0.717, 1.165) is 12.8 Å². The average molecular weight is 212 g/mol. The second-order valence-corrected chi connectivity index (χ2v) is 4.62. The molecule has 2 aliphatic heterocycles. The summed E-state index contributed by atoms with van der Waals surface area (Å²) in [6.45, 7) is 0.518. The van der Waals surface area contributed by atoms with Gasteiger partial charge in [-0.15, -0.1) is 0 Å². The first-order valence-electron chi connectivity index (χ1n) is 5.82. The van der Waals surface area contributed by atoms with E-state index in [9.17, 15) is 4.79 Å². The Hall–Kier alpha value is -0.610. The number of fused-ring (bicyclic) bond motifs is 2. The van der Waals surface area contributed by atoms with Crippen LogP contribution in [0.5, 0.6) is 0 Å². The smallest absolute Gasteiger partial charge is 0.222 e. The van der Waals surface area contributed by atoms with Crippen molar-refractivity contribution in [2.75, 3.05) is 13.7 Å². The molecule has 2 fully saturated rings. The first-order chi connectivity index (χ1) is 7.28. The highest BCUT2D eigenvalue weighted by Crippen LogP contribution is 2.26. The Morgan fingerprint density at radius 2 is 2.07 bits per heavy atom. The van der Waals surface area contributed by atoms with Crippen molar-refractivity contribution in [3.8, 4) is 0 Å². The molecular weight excluding hydrogens is 192 g/mol. The van der Waals surface area contributed by atoms with Gasteiger partial charge in [0.1, 0.15) is 0 Å². The van der Waals surface area contributed by atoms with Gasteiger partial charge in [0.15, 0.2) is 0 Å². The Morgan fingerprint density at radius 3 is 2.67 bits per heavy atom. The molecule has 0 aromatic carbocycles. The van der Waals surface area contributed by atoms with Crippen LogP contribution < -0.4 is 10.6 Å². The number of ether oxygens (including phenoxy) is 1. The van der Waals surface area contributed by atoms with Crippen LogP contribution >= 0.6 is 0 Å². The lowest BCUT2D eigenvalue weighted by Crippen LogP contribution is -2.48. The Kier molecular flexibility index (Phi) is 3.59. The van der Waals surface area contributed by atoms with Crippen LogP contribution in [-0.2, 0) is 9.53 Å². The number of methoxy groups -OCH3 is 1. The molecule has 2 unspecified atom stereocenters. The van der Waals surface area contributed by atoms with Crippen molar-refractivity contribution in [1.82, 2.24) is 10.6 Å². The fraction of sp³-hybridized carbons (Fsp3) is 0.909. The van der Waals surface area contributed by atoms with E-state index in [1.165, 1.54) is 12.8 Å². The lowest BCUT2D eigenvalue weighted by molar-refractivity contribution is -0.122. The molecule has 2 bridgehead atoms. The highest BCUT2D eigenvalue weighted by molar-refractivity contribution is 5.76. The molecule has 0 radical (unpaired) electrons. The summed E-state index contributed by atoms with van der Waals surface area (Å²) in [6.07, 6.45) is 5.21. The van der Waals surface area contributed by atoms with Gasteiger partial charge in [-0.2, -0.15) is 0 Å². The van der Waals surface area contributed by atoms with E-state index in [-0.39, 0.29) is 5.91 Å². The maximum absolute atomic E-state index is 11.5. The molecule has 2 saturated heterocycles. The molecule has 0 aliphatic carbocycles. The van der Waals surface area contributed by atoms with Crippen LogP contribution in [0.4, 0.5) is 0 Å². The zero-order valence-electron chi connectivity index (χ0n) is 9.29. The predicted molar refractivity (Wildman–Crippen MR) is 57.6 cm³/mol. The fourth-order valence-corrected chi connectivity index (χ4v) is 2.67. The second-order valence-electron chi connectivity index (χ2n) is 4.62. The molecule has 2 atom stereocenters. The third kappa shape index (κ3) is 2.92. The van der Waals surface area contributed by atoms with Crippen LogP contribution in [0.3, 0.4) is 0 Å². The number of hydrogen-bond acceptors (Lipinski definition) is 3. The van der Waals surface area contributed by atoms with Gasteiger partial charge in [0.25, 0.3) is 0 Å². The highest BCUT2D eigenvalue weighted by atomic mass is 16.5. The molecule has 0 aromatic heterocycles. The first-order valence-corrected chi connectivity index (χ1v) is 5.82. The third-order valence-electron chi connectivity index (χ3n) is 3.37. The second kappa shape index (κ2) is 4.94. The number of carbonyl (C=O) groups excluding carboxylic acids is 1.